The maximum atomic E-state index is 13.7. The number of benzene rings is 4. The van der Waals surface area contributed by atoms with Gasteiger partial charge in [0.1, 0.15) is 11.5 Å². The van der Waals surface area contributed by atoms with Crippen molar-refractivity contribution >= 4 is 44.2 Å². The van der Waals surface area contributed by atoms with Gasteiger partial charge in [-0.05, 0) is 66.6 Å². The quantitative estimate of drug-likeness (QED) is 0.246. The van der Waals surface area contributed by atoms with Crippen LogP contribution in [-0.4, -0.2) is 10.9 Å². The number of nitrogens with zero attached hydrogens (tertiary/aromatic N) is 2. The number of halogens is 1. The van der Waals surface area contributed by atoms with E-state index >= 15 is 0 Å². The van der Waals surface area contributed by atoms with Crippen molar-refractivity contribution in [3.8, 4) is 11.5 Å². The molecule has 5 rings (SSSR count). The lowest BCUT2D eigenvalue weighted by atomic mass is 10.1. The Kier molecular flexibility index (Phi) is 6.30. The summed E-state index contributed by atoms with van der Waals surface area (Å²) in [6.07, 6.45) is 0. The number of anilines is 1. The molecule has 0 unspecified atom stereocenters. The van der Waals surface area contributed by atoms with Gasteiger partial charge in [0.25, 0.3) is 5.91 Å². The molecule has 0 saturated heterocycles. The van der Waals surface area contributed by atoms with Crippen molar-refractivity contribution in [2.24, 2.45) is 0 Å². The maximum absolute atomic E-state index is 13.7. The molecule has 0 N–H and O–H groups in total. The number of aromatic nitrogens is 1. The highest BCUT2D eigenvalue weighted by Gasteiger charge is 2.22. The van der Waals surface area contributed by atoms with Gasteiger partial charge in [-0.25, -0.2) is 4.98 Å². The van der Waals surface area contributed by atoms with E-state index in [4.69, 9.17) is 21.3 Å². The summed E-state index contributed by atoms with van der Waals surface area (Å²) < 4.78 is 6.83. The molecule has 0 atom stereocenters. The molecule has 1 aromatic heterocycles. The largest absolute Gasteiger partial charge is 0.457 e. The Labute approximate surface area is 207 Å². The number of amides is 1. The third-order valence-corrected chi connectivity index (χ3v) is 6.62. The number of hydrogen-bond donors (Lipinski definition) is 0. The third-order valence-electron chi connectivity index (χ3n) is 5.38. The zero-order valence-corrected chi connectivity index (χ0v) is 20.0. The van der Waals surface area contributed by atoms with Gasteiger partial charge in [0.2, 0.25) is 0 Å². The molecule has 0 saturated carbocycles. The van der Waals surface area contributed by atoms with Crippen molar-refractivity contribution in [1.82, 2.24) is 4.98 Å². The fraction of sp³-hybridized carbons (Fsp3) is 0.0714. The van der Waals surface area contributed by atoms with Crippen molar-refractivity contribution < 1.29 is 9.53 Å². The lowest BCUT2D eigenvalue weighted by Gasteiger charge is -2.20. The average molecular weight is 485 g/mol. The molecule has 0 fully saturated rings. The zero-order valence-electron chi connectivity index (χ0n) is 18.4. The fourth-order valence-electron chi connectivity index (χ4n) is 3.70. The van der Waals surface area contributed by atoms with Gasteiger partial charge in [0.15, 0.2) is 5.13 Å². The number of aryl methyl sites for hydroxylation is 1. The number of fused-ring (bicyclic) bond motifs is 1. The molecule has 4 aromatic carbocycles. The Hall–Kier alpha value is -3.67. The molecule has 0 radical (unpaired) electrons. The first-order chi connectivity index (χ1) is 16.6. The van der Waals surface area contributed by atoms with E-state index in [0.29, 0.717) is 28.0 Å². The Morgan fingerprint density at radius 3 is 2.26 bits per heavy atom. The van der Waals surface area contributed by atoms with Crippen molar-refractivity contribution in [2.45, 2.75) is 13.5 Å². The summed E-state index contributed by atoms with van der Waals surface area (Å²) in [5, 5.41) is 1.30. The zero-order chi connectivity index (χ0) is 23.5. The lowest BCUT2D eigenvalue weighted by molar-refractivity contribution is 0.0985. The smallest absolute Gasteiger partial charge is 0.260 e. The van der Waals surface area contributed by atoms with Gasteiger partial charge in [-0.15, -0.1) is 0 Å². The topological polar surface area (TPSA) is 42.4 Å². The van der Waals surface area contributed by atoms with Crippen LogP contribution in [0, 0.1) is 6.92 Å². The third kappa shape index (κ3) is 4.81. The fourth-order valence-corrected chi connectivity index (χ4v) is 5.11. The summed E-state index contributed by atoms with van der Waals surface area (Å²) in [5.74, 6) is 1.29. The van der Waals surface area contributed by atoms with Gasteiger partial charge in [-0.3, -0.25) is 9.69 Å². The number of rotatable bonds is 6. The molecule has 0 aliphatic rings. The normalized spacial score (nSPS) is 10.9. The summed E-state index contributed by atoms with van der Waals surface area (Å²) in [5.41, 5.74) is 3.43. The number of thiazole rings is 1. The van der Waals surface area contributed by atoms with E-state index < -0.39 is 0 Å². The van der Waals surface area contributed by atoms with Crippen LogP contribution in [0.4, 0.5) is 5.13 Å². The van der Waals surface area contributed by atoms with Crippen LogP contribution < -0.4 is 9.64 Å². The lowest BCUT2D eigenvalue weighted by Crippen LogP contribution is -2.30. The van der Waals surface area contributed by atoms with E-state index in [1.165, 1.54) is 11.3 Å². The standard InChI is InChI=1S/C28H21ClN2O2S/c1-19-16-22(29)17-25-26(19)30-28(34-25)31(18-20-8-4-2-5-9-20)27(32)21-12-14-24(15-13-21)33-23-10-6-3-7-11-23/h2-17H,18H2,1H3. The minimum absolute atomic E-state index is 0.127. The minimum Gasteiger partial charge on any atom is -0.457 e. The molecule has 4 nitrogen and oxygen atoms in total. The first kappa shape index (κ1) is 22.1. The van der Waals surface area contributed by atoms with Gasteiger partial charge in [0.05, 0.1) is 16.8 Å². The molecule has 1 heterocycles. The second-order valence-electron chi connectivity index (χ2n) is 7.88. The minimum atomic E-state index is -0.127. The van der Waals surface area contributed by atoms with Crippen LogP contribution in [0.5, 0.6) is 11.5 Å². The second kappa shape index (κ2) is 9.67. The van der Waals surface area contributed by atoms with Crippen LogP contribution in [0.3, 0.4) is 0 Å². The highest BCUT2D eigenvalue weighted by Crippen LogP contribution is 2.34. The molecule has 0 aliphatic carbocycles. The highest BCUT2D eigenvalue weighted by atomic mass is 35.5. The number of para-hydroxylation sites is 1. The second-order valence-corrected chi connectivity index (χ2v) is 9.33. The van der Waals surface area contributed by atoms with Crippen molar-refractivity contribution in [3.05, 3.63) is 119 Å². The molecule has 1 amide bonds. The van der Waals surface area contributed by atoms with Crippen LogP contribution in [0.25, 0.3) is 10.2 Å². The summed E-state index contributed by atoms with van der Waals surface area (Å²) >= 11 is 7.73. The average Bonchev–Trinajstić information content (AvgIpc) is 3.28. The van der Waals surface area contributed by atoms with E-state index in [1.807, 2.05) is 91.9 Å². The number of carbonyl (C=O) groups is 1. The molecule has 5 aromatic rings. The van der Waals surface area contributed by atoms with Gasteiger partial charge < -0.3 is 4.74 Å². The van der Waals surface area contributed by atoms with Crippen LogP contribution >= 0.6 is 22.9 Å². The van der Waals surface area contributed by atoms with Gasteiger partial charge in [-0.2, -0.15) is 0 Å². The van der Waals surface area contributed by atoms with Crippen LogP contribution in [0.15, 0.2) is 97.1 Å². The molecule has 6 heteroatoms. The molecule has 34 heavy (non-hydrogen) atoms. The molecular weight excluding hydrogens is 464 g/mol. The molecule has 168 valence electrons. The summed E-state index contributed by atoms with van der Waals surface area (Å²) in [4.78, 5) is 20.2. The number of carbonyl (C=O) groups excluding carboxylic acids is 1. The molecule has 0 aliphatic heterocycles. The van der Waals surface area contributed by atoms with E-state index in [1.54, 1.807) is 17.0 Å². The Morgan fingerprint density at radius 1 is 0.912 bits per heavy atom. The Morgan fingerprint density at radius 2 is 1.56 bits per heavy atom. The predicted octanol–water partition coefficient (Wildman–Crippen LogP) is 7.90. The number of ether oxygens (including phenoxy) is 1. The van der Waals surface area contributed by atoms with E-state index in [9.17, 15) is 4.79 Å². The van der Waals surface area contributed by atoms with Crippen molar-refractivity contribution in [2.75, 3.05) is 4.90 Å². The molecule has 0 bridgehead atoms. The van der Waals surface area contributed by atoms with E-state index in [2.05, 4.69) is 0 Å². The number of hydrogen-bond acceptors (Lipinski definition) is 4. The maximum Gasteiger partial charge on any atom is 0.260 e. The van der Waals surface area contributed by atoms with E-state index in [0.717, 1.165) is 27.1 Å². The van der Waals surface area contributed by atoms with Crippen LogP contribution in [0.2, 0.25) is 5.02 Å². The SMILES string of the molecule is Cc1cc(Cl)cc2sc(N(Cc3ccccc3)C(=O)c3ccc(Oc4ccccc4)cc3)nc12. The Bertz CT molecular complexity index is 1430. The summed E-state index contributed by atoms with van der Waals surface area (Å²) in [6.45, 7) is 2.39. The van der Waals surface area contributed by atoms with E-state index in [-0.39, 0.29) is 5.91 Å². The molecular formula is C28H21ClN2O2S. The highest BCUT2D eigenvalue weighted by molar-refractivity contribution is 7.22. The molecule has 0 spiro atoms. The Balaban J connectivity index is 1.47. The summed E-state index contributed by atoms with van der Waals surface area (Å²) in [6, 6.07) is 30.4. The monoisotopic (exact) mass is 484 g/mol. The first-order valence-electron chi connectivity index (χ1n) is 10.8. The van der Waals surface area contributed by atoms with Gasteiger partial charge >= 0.3 is 0 Å². The van der Waals surface area contributed by atoms with Crippen LogP contribution in [0.1, 0.15) is 21.5 Å². The van der Waals surface area contributed by atoms with Crippen molar-refractivity contribution in [1.29, 1.82) is 0 Å². The van der Waals surface area contributed by atoms with Gasteiger partial charge in [0, 0.05) is 10.6 Å². The van der Waals surface area contributed by atoms with Gasteiger partial charge in [-0.1, -0.05) is 71.5 Å². The van der Waals surface area contributed by atoms with Crippen LogP contribution in [-0.2, 0) is 6.54 Å². The van der Waals surface area contributed by atoms with Crippen molar-refractivity contribution in [3.63, 3.8) is 0 Å². The first-order valence-corrected chi connectivity index (χ1v) is 12.0. The predicted molar refractivity (Wildman–Crippen MR) is 139 cm³/mol. The summed E-state index contributed by atoms with van der Waals surface area (Å²) in [7, 11) is 0.